The Morgan fingerprint density at radius 1 is 1.11 bits per heavy atom. The molecule has 0 radical (unpaired) electrons. The van der Waals surface area contributed by atoms with Crippen molar-refractivity contribution in [3.05, 3.63) is 47.3 Å². The summed E-state index contributed by atoms with van der Waals surface area (Å²) in [4.78, 5) is 26.3. The average Bonchev–Trinajstić information content (AvgIpc) is 3.14. The van der Waals surface area contributed by atoms with Crippen LogP contribution in [0.25, 0.3) is 0 Å². The Kier molecular flexibility index (Phi) is 5.69. The molecule has 0 spiro atoms. The fourth-order valence-corrected chi connectivity index (χ4v) is 3.50. The number of rotatable bonds is 3. The van der Waals surface area contributed by atoms with Gasteiger partial charge in [0.1, 0.15) is 0 Å². The second kappa shape index (κ2) is 7.99. The maximum absolute atomic E-state index is 12.6. The summed E-state index contributed by atoms with van der Waals surface area (Å²) in [5.41, 5.74) is -0.470. The molecule has 1 aliphatic heterocycles. The Hall–Kier alpha value is -2.55. The van der Waals surface area contributed by atoms with Crippen molar-refractivity contribution >= 4 is 34.0 Å². The highest BCUT2D eigenvalue weighted by molar-refractivity contribution is 7.14. The fraction of sp³-hybridized carbons (Fsp3) is 0.333. The molecule has 5 nitrogen and oxygen atoms in total. The molecule has 3 amide bonds. The van der Waals surface area contributed by atoms with E-state index in [9.17, 15) is 22.8 Å². The lowest BCUT2D eigenvalue weighted by Crippen LogP contribution is -2.45. The molecule has 144 valence electrons. The highest BCUT2D eigenvalue weighted by atomic mass is 32.1. The SMILES string of the molecule is O=C(Nc1ccc(C(F)(F)F)cc1)C1CCCN(C(=O)Nc2cccs2)C1. The highest BCUT2D eigenvalue weighted by Crippen LogP contribution is 2.30. The number of nitrogens with zero attached hydrogens (tertiary/aromatic N) is 1. The molecular weight excluding hydrogens is 379 g/mol. The van der Waals surface area contributed by atoms with E-state index >= 15 is 0 Å². The van der Waals surface area contributed by atoms with Gasteiger partial charge in [0.05, 0.1) is 16.5 Å². The van der Waals surface area contributed by atoms with Gasteiger partial charge < -0.3 is 10.2 Å². The van der Waals surface area contributed by atoms with Crippen molar-refractivity contribution in [3.63, 3.8) is 0 Å². The van der Waals surface area contributed by atoms with Crippen LogP contribution in [0.15, 0.2) is 41.8 Å². The van der Waals surface area contributed by atoms with Crippen LogP contribution in [0.2, 0.25) is 0 Å². The smallest absolute Gasteiger partial charge is 0.326 e. The lowest BCUT2D eigenvalue weighted by atomic mass is 9.97. The van der Waals surface area contributed by atoms with E-state index in [0.717, 1.165) is 17.1 Å². The van der Waals surface area contributed by atoms with Gasteiger partial charge in [-0.3, -0.25) is 10.1 Å². The van der Waals surface area contributed by atoms with Crippen LogP contribution < -0.4 is 10.6 Å². The molecule has 0 bridgehead atoms. The van der Waals surface area contributed by atoms with Gasteiger partial charge in [0.25, 0.3) is 0 Å². The van der Waals surface area contributed by atoms with E-state index in [0.29, 0.717) is 25.1 Å². The summed E-state index contributed by atoms with van der Waals surface area (Å²) in [6, 6.07) is 7.67. The van der Waals surface area contributed by atoms with Gasteiger partial charge >= 0.3 is 12.2 Å². The van der Waals surface area contributed by atoms with Crippen molar-refractivity contribution in [1.29, 1.82) is 0 Å². The molecular formula is C18H18F3N3O2S. The van der Waals surface area contributed by atoms with Crippen molar-refractivity contribution in [3.8, 4) is 0 Å². The molecule has 0 saturated carbocycles. The quantitative estimate of drug-likeness (QED) is 0.792. The molecule has 9 heteroatoms. The van der Waals surface area contributed by atoms with E-state index < -0.39 is 17.7 Å². The molecule has 1 atom stereocenters. The maximum Gasteiger partial charge on any atom is 0.416 e. The second-order valence-corrected chi connectivity index (χ2v) is 7.20. The van der Waals surface area contributed by atoms with Gasteiger partial charge in [0, 0.05) is 18.8 Å². The molecule has 3 rings (SSSR count). The van der Waals surface area contributed by atoms with Crippen LogP contribution in [-0.2, 0) is 11.0 Å². The lowest BCUT2D eigenvalue weighted by molar-refractivity contribution is -0.137. The van der Waals surface area contributed by atoms with Crippen molar-refractivity contribution in [2.24, 2.45) is 5.92 Å². The number of carbonyl (C=O) groups is 2. The number of halogens is 3. The number of carbonyl (C=O) groups excluding carboxylic acids is 2. The topological polar surface area (TPSA) is 61.4 Å². The molecule has 2 N–H and O–H groups in total. The maximum atomic E-state index is 12.6. The summed E-state index contributed by atoms with van der Waals surface area (Å²) in [6.45, 7) is 0.824. The lowest BCUT2D eigenvalue weighted by Gasteiger charge is -2.31. The van der Waals surface area contributed by atoms with Gasteiger partial charge in [-0.25, -0.2) is 4.79 Å². The van der Waals surface area contributed by atoms with Crippen molar-refractivity contribution in [1.82, 2.24) is 4.90 Å². The first-order chi connectivity index (χ1) is 12.8. The van der Waals surface area contributed by atoms with Gasteiger partial charge in [-0.15, -0.1) is 11.3 Å². The summed E-state index contributed by atoms with van der Waals surface area (Å²) in [7, 11) is 0. The van der Waals surface area contributed by atoms with Gasteiger partial charge in [0.15, 0.2) is 0 Å². The molecule has 1 saturated heterocycles. The van der Waals surface area contributed by atoms with Crippen molar-refractivity contribution in [2.75, 3.05) is 23.7 Å². The van der Waals surface area contributed by atoms with E-state index in [-0.39, 0.29) is 18.5 Å². The average molecular weight is 397 g/mol. The second-order valence-electron chi connectivity index (χ2n) is 6.26. The largest absolute Gasteiger partial charge is 0.416 e. The number of anilines is 2. The summed E-state index contributed by atoms with van der Waals surface area (Å²) >= 11 is 1.41. The minimum Gasteiger partial charge on any atom is -0.326 e. The van der Waals surface area contributed by atoms with Gasteiger partial charge in [-0.05, 0) is 54.6 Å². The summed E-state index contributed by atoms with van der Waals surface area (Å²) in [6.07, 6.45) is -3.11. The van der Waals surface area contributed by atoms with Crippen LogP contribution in [0.3, 0.4) is 0 Å². The molecule has 1 aromatic heterocycles. The molecule has 27 heavy (non-hydrogen) atoms. The first-order valence-corrected chi connectivity index (χ1v) is 9.28. The number of alkyl halides is 3. The zero-order valence-corrected chi connectivity index (χ0v) is 15.1. The summed E-state index contributed by atoms with van der Waals surface area (Å²) in [5.74, 6) is -0.710. The molecule has 2 heterocycles. The molecule has 1 aromatic carbocycles. The van der Waals surface area contributed by atoms with Crippen molar-refractivity contribution in [2.45, 2.75) is 19.0 Å². The summed E-state index contributed by atoms with van der Waals surface area (Å²) in [5, 5.41) is 8.01. The number of hydrogen-bond acceptors (Lipinski definition) is 3. The van der Waals surface area contributed by atoms with Crippen LogP contribution in [0.1, 0.15) is 18.4 Å². The third-order valence-corrected chi connectivity index (χ3v) is 5.10. The number of thiophene rings is 1. The highest BCUT2D eigenvalue weighted by Gasteiger charge is 2.31. The first kappa shape index (κ1) is 19.2. The Morgan fingerprint density at radius 3 is 2.48 bits per heavy atom. The number of amides is 3. The third kappa shape index (κ3) is 5.00. The molecule has 1 aliphatic rings. The Labute approximate surface area is 158 Å². The monoisotopic (exact) mass is 397 g/mol. The standard InChI is InChI=1S/C18H18F3N3O2S/c19-18(20,21)13-5-7-14(8-6-13)22-16(25)12-3-1-9-24(11-12)17(26)23-15-4-2-10-27-15/h2,4-8,10,12H,1,3,9,11H2,(H,22,25)(H,23,26). The van der Waals surface area contributed by atoms with E-state index in [1.165, 1.54) is 23.5 Å². The molecule has 0 aliphatic carbocycles. The van der Waals surface area contributed by atoms with Crippen LogP contribution in [0.4, 0.5) is 28.7 Å². The number of likely N-dealkylation sites (tertiary alicyclic amines) is 1. The Balaban J connectivity index is 1.57. The minimum absolute atomic E-state index is 0.260. The van der Waals surface area contributed by atoms with E-state index in [1.807, 2.05) is 11.4 Å². The van der Waals surface area contributed by atoms with Gasteiger partial charge in [0.2, 0.25) is 5.91 Å². The fourth-order valence-electron chi connectivity index (χ4n) is 2.90. The van der Waals surface area contributed by atoms with Crippen LogP contribution in [0.5, 0.6) is 0 Å². The van der Waals surface area contributed by atoms with Crippen LogP contribution in [0, 0.1) is 5.92 Å². The number of benzene rings is 1. The summed E-state index contributed by atoms with van der Waals surface area (Å²) < 4.78 is 37.8. The Morgan fingerprint density at radius 2 is 1.85 bits per heavy atom. The van der Waals surface area contributed by atoms with Gasteiger partial charge in [-0.1, -0.05) is 0 Å². The number of urea groups is 1. The number of nitrogens with one attached hydrogen (secondary N) is 2. The molecule has 2 aromatic rings. The molecule has 1 unspecified atom stereocenters. The predicted molar refractivity (Wildman–Crippen MR) is 97.7 cm³/mol. The molecule has 1 fully saturated rings. The van der Waals surface area contributed by atoms with E-state index in [4.69, 9.17) is 0 Å². The Bertz CT molecular complexity index is 791. The van der Waals surface area contributed by atoms with Crippen LogP contribution >= 0.6 is 11.3 Å². The van der Waals surface area contributed by atoms with Crippen molar-refractivity contribution < 1.29 is 22.8 Å². The third-order valence-electron chi connectivity index (χ3n) is 4.31. The zero-order chi connectivity index (χ0) is 19.4. The van der Waals surface area contributed by atoms with E-state index in [1.54, 1.807) is 11.0 Å². The minimum atomic E-state index is -4.41. The number of hydrogen-bond donors (Lipinski definition) is 2. The van der Waals surface area contributed by atoms with Gasteiger partial charge in [-0.2, -0.15) is 13.2 Å². The zero-order valence-electron chi connectivity index (χ0n) is 14.3. The number of piperidine rings is 1. The van der Waals surface area contributed by atoms with Crippen LogP contribution in [-0.4, -0.2) is 29.9 Å². The normalized spacial score (nSPS) is 17.4. The predicted octanol–water partition coefficient (Wildman–Crippen LogP) is 4.65. The van der Waals surface area contributed by atoms with E-state index in [2.05, 4.69) is 10.6 Å². The first-order valence-electron chi connectivity index (χ1n) is 8.40.